The van der Waals surface area contributed by atoms with E-state index in [4.69, 9.17) is 0 Å². The molecule has 3 aromatic carbocycles. The summed E-state index contributed by atoms with van der Waals surface area (Å²) in [4.78, 5) is 39.3. The first-order valence-corrected chi connectivity index (χ1v) is 9.65. The predicted molar refractivity (Wildman–Crippen MR) is 115 cm³/mol. The zero-order valence-electron chi connectivity index (χ0n) is 16.5. The molecule has 30 heavy (non-hydrogen) atoms. The Balaban J connectivity index is 1.64. The lowest BCUT2D eigenvalue weighted by molar-refractivity contribution is -0.120. The molecule has 0 aromatic heterocycles. The number of benzene rings is 3. The number of hydrogen-bond donors (Lipinski definition) is 2. The maximum atomic E-state index is 13.3. The minimum atomic E-state index is -0.782. The van der Waals surface area contributed by atoms with Crippen molar-refractivity contribution < 1.29 is 14.4 Å². The molecule has 0 bridgehead atoms. The molecule has 1 aliphatic heterocycles. The van der Waals surface area contributed by atoms with E-state index in [0.29, 0.717) is 23.5 Å². The van der Waals surface area contributed by atoms with Crippen molar-refractivity contribution in [1.82, 2.24) is 4.90 Å². The van der Waals surface area contributed by atoms with Gasteiger partial charge in [0.1, 0.15) is 6.04 Å². The van der Waals surface area contributed by atoms with Gasteiger partial charge >= 0.3 is 0 Å². The zero-order chi connectivity index (χ0) is 21.1. The van der Waals surface area contributed by atoms with Crippen LogP contribution in [-0.4, -0.2) is 22.6 Å². The van der Waals surface area contributed by atoms with Crippen molar-refractivity contribution in [3.05, 3.63) is 95.6 Å². The van der Waals surface area contributed by atoms with E-state index in [1.807, 2.05) is 48.5 Å². The molecule has 0 spiro atoms. The van der Waals surface area contributed by atoms with E-state index in [1.165, 1.54) is 6.92 Å². The quantitative estimate of drug-likeness (QED) is 0.681. The molecule has 1 atom stereocenters. The molecule has 3 aromatic rings. The summed E-state index contributed by atoms with van der Waals surface area (Å²) in [6.45, 7) is 1.79. The van der Waals surface area contributed by atoms with Crippen LogP contribution in [0.4, 0.5) is 11.4 Å². The molecule has 1 heterocycles. The summed E-state index contributed by atoms with van der Waals surface area (Å²) >= 11 is 0. The number of nitrogens with one attached hydrogen (secondary N) is 2. The largest absolute Gasteiger partial charge is 0.326 e. The van der Waals surface area contributed by atoms with Gasteiger partial charge in [-0.2, -0.15) is 0 Å². The predicted octanol–water partition coefficient (Wildman–Crippen LogP) is 3.98. The highest BCUT2D eigenvalue weighted by Crippen LogP contribution is 2.32. The normalized spacial score (nSPS) is 13.5. The lowest BCUT2D eigenvalue weighted by Gasteiger charge is -2.27. The molecule has 6 nitrogen and oxygen atoms in total. The molecule has 0 radical (unpaired) electrons. The van der Waals surface area contributed by atoms with Crippen LogP contribution >= 0.6 is 0 Å². The Bertz CT molecular complexity index is 1110. The zero-order valence-corrected chi connectivity index (χ0v) is 16.5. The van der Waals surface area contributed by atoms with Gasteiger partial charge in [0.2, 0.25) is 5.91 Å². The van der Waals surface area contributed by atoms with E-state index >= 15 is 0 Å². The van der Waals surface area contributed by atoms with Crippen LogP contribution in [0.5, 0.6) is 0 Å². The van der Waals surface area contributed by atoms with E-state index in [-0.39, 0.29) is 17.7 Å². The van der Waals surface area contributed by atoms with Crippen LogP contribution in [0, 0.1) is 0 Å². The van der Waals surface area contributed by atoms with Gasteiger partial charge in [0.05, 0.1) is 0 Å². The summed E-state index contributed by atoms with van der Waals surface area (Å²) in [5, 5.41) is 5.59. The van der Waals surface area contributed by atoms with Gasteiger partial charge in [0.25, 0.3) is 11.8 Å². The monoisotopic (exact) mass is 399 g/mol. The minimum Gasteiger partial charge on any atom is -0.326 e. The molecule has 0 unspecified atom stereocenters. The van der Waals surface area contributed by atoms with Crippen molar-refractivity contribution in [2.75, 3.05) is 10.6 Å². The molecule has 3 amide bonds. The molecule has 6 heteroatoms. The van der Waals surface area contributed by atoms with Crippen LogP contribution in [0.2, 0.25) is 0 Å². The molecule has 0 saturated carbocycles. The van der Waals surface area contributed by atoms with Gasteiger partial charge in [-0.05, 0) is 35.4 Å². The van der Waals surface area contributed by atoms with Crippen LogP contribution in [0.3, 0.4) is 0 Å². The molecule has 0 aliphatic carbocycles. The number of nitrogens with zero attached hydrogens (tertiary/aromatic N) is 1. The van der Waals surface area contributed by atoms with Gasteiger partial charge in [-0.15, -0.1) is 0 Å². The molecule has 4 rings (SSSR count). The SMILES string of the molecule is CC(=O)Nc1cccc(NC(=O)[C@H](c2ccccc2)N2Cc3ccccc3C2=O)c1. The second-order valence-electron chi connectivity index (χ2n) is 7.15. The third kappa shape index (κ3) is 3.93. The van der Waals surface area contributed by atoms with Crippen LogP contribution in [0.15, 0.2) is 78.9 Å². The average Bonchev–Trinajstić information content (AvgIpc) is 3.05. The number of rotatable bonds is 5. The van der Waals surface area contributed by atoms with Gasteiger partial charge in [0.15, 0.2) is 0 Å². The highest BCUT2D eigenvalue weighted by molar-refractivity contribution is 6.04. The summed E-state index contributed by atoms with van der Waals surface area (Å²) < 4.78 is 0. The standard InChI is InChI=1S/C24H21N3O3/c1-16(28)25-19-11-7-12-20(14-19)26-23(29)22(17-8-3-2-4-9-17)27-15-18-10-5-6-13-21(18)24(27)30/h2-14,22H,15H2,1H3,(H,25,28)(H,26,29)/t22-/m0/s1. The number of carbonyl (C=O) groups excluding carboxylic acids is 3. The molecule has 0 fully saturated rings. The molecular weight excluding hydrogens is 378 g/mol. The van der Waals surface area contributed by atoms with Crippen molar-refractivity contribution in [1.29, 1.82) is 0 Å². The smallest absolute Gasteiger partial charge is 0.255 e. The topological polar surface area (TPSA) is 78.5 Å². The van der Waals surface area contributed by atoms with Crippen LogP contribution in [0.1, 0.15) is 34.5 Å². The highest BCUT2D eigenvalue weighted by atomic mass is 16.2. The Kier molecular flexibility index (Phi) is 5.30. The van der Waals surface area contributed by atoms with E-state index in [0.717, 1.165) is 11.1 Å². The summed E-state index contributed by atoms with van der Waals surface area (Å²) in [6.07, 6.45) is 0. The average molecular weight is 399 g/mol. The second-order valence-corrected chi connectivity index (χ2v) is 7.15. The molecule has 2 N–H and O–H groups in total. The van der Waals surface area contributed by atoms with E-state index < -0.39 is 6.04 Å². The van der Waals surface area contributed by atoms with Gasteiger partial charge < -0.3 is 15.5 Å². The molecular formula is C24H21N3O3. The minimum absolute atomic E-state index is 0.165. The van der Waals surface area contributed by atoms with Crippen LogP contribution < -0.4 is 10.6 Å². The van der Waals surface area contributed by atoms with Crippen LogP contribution in [0.25, 0.3) is 0 Å². The number of fused-ring (bicyclic) bond motifs is 1. The summed E-state index contributed by atoms with van der Waals surface area (Å²) in [6, 6.07) is 22.8. The van der Waals surface area contributed by atoms with Crippen LogP contribution in [-0.2, 0) is 16.1 Å². The molecule has 150 valence electrons. The number of hydrogen-bond acceptors (Lipinski definition) is 3. The fourth-order valence-electron chi connectivity index (χ4n) is 3.68. The fourth-order valence-corrected chi connectivity index (χ4v) is 3.68. The molecule has 1 aliphatic rings. The number of anilines is 2. The Hall–Kier alpha value is -3.93. The second kappa shape index (κ2) is 8.21. The first-order valence-electron chi connectivity index (χ1n) is 9.65. The Morgan fingerprint density at radius 1 is 0.867 bits per heavy atom. The van der Waals surface area contributed by atoms with Gasteiger partial charge in [-0.1, -0.05) is 54.6 Å². The highest BCUT2D eigenvalue weighted by Gasteiger charge is 2.37. The maximum absolute atomic E-state index is 13.3. The fraction of sp³-hybridized carbons (Fsp3) is 0.125. The molecule has 0 saturated heterocycles. The lowest BCUT2D eigenvalue weighted by atomic mass is 10.0. The summed E-state index contributed by atoms with van der Waals surface area (Å²) in [5.41, 5.74) is 3.38. The van der Waals surface area contributed by atoms with Gasteiger partial charge in [-0.25, -0.2) is 0 Å². The van der Waals surface area contributed by atoms with E-state index in [1.54, 1.807) is 35.2 Å². The third-order valence-corrected chi connectivity index (χ3v) is 4.98. The van der Waals surface area contributed by atoms with E-state index in [9.17, 15) is 14.4 Å². The number of amides is 3. The van der Waals surface area contributed by atoms with Crippen molar-refractivity contribution in [3.8, 4) is 0 Å². The Labute approximate surface area is 174 Å². The summed E-state index contributed by atoms with van der Waals surface area (Å²) in [7, 11) is 0. The van der Waals surface area contributed by atoms with Crippen molar-refractivity contribution in [2.24, 2.45) is 0 Å². The van der Waals surface area contributed by atoms with Crippen molar-refractivity contribution >= 4 is 29.1 Å². The maximum Gasteiger partial charge on any atom is 0.255 e. The Morgan fingerprint density at radius 3 is 2.23 bits per heavy atom. The number of carbonyl (C=O) groups is 3. The van der Waals surface area contributed by atoms with E-state index in [2.05, 4.69) is 10.6 Å². The summed E-state index contributed by atoms with van der Waals surface area (Å²) in [5.74, 6) is -0.676. The van der Waals surface area contributed by atoms with Gasteiger partial charge in [-0.3, -0.25) is 14.4 Å². The van der Waals surface area contributed by atoms with Crippen molar-refractivity contribution in [2.45, 2.75) is 19.5 Å². The van der Waals surface area contributed by atoms with Crippen molar-refractivity contribution in [3.63, 3.8) is 0 Å². The Morgan fingerprint density at radius 2 is 1.53 bits per heavy atom. The first kappa shape index (κ1) is 19.4. The third-order valence-electron chi connectivity index (χ3n) is 4.98. The first-order chi connectivity index (χ1) is 14.5. The lowest BCUT2D eigenvalue weighted by Crippen LogP contribution is -2.37. The van der Waals surface area contributed by atoms with Gasteiger partial charge in [0, 0.05) is 30.4 Å².